The number of halogens is 3. The summed E-state index contributed by atoms with van der Waals surface area (Å²) in [7, 11) is 1.64. The van der Waals surface area contributed by atoms with Crippen LogP contribution < -0.4 is 10.1 Å². The minimum absolute atomic E-state index is 0.609. The van der Waals surface area contributed by atoms with Crippen molar-refractivity contribution in [2.45, 2.75) is 6.54 Å². The van der Waals surface area contributed by atoms with Crippen LogP contribution >= 0.6 is 39.1 Å². The molecule has 2 nitrogen and oxygen atoms in total. The minimum Gasteiger partial charge on any atom is -0.496 e. The van der Waals surface area contributed by atoms with Gasteiger partial charge in [0, 0.05) is 22.3 Å². The van der Waals surface area contributed by atoms with E-state index in [1.807, 2.05) is 24.3 Å². The lowest BCUT2D eigenvalue weighted by molar-refractivity contribution is 0.412. The molecule has 2 aromatic rings. The summed E-state index contributed by atoms with van der Waals surface area (Å²) >= 11 is 15.5. The van der Waals surface area contributed by atoms with Crippen LogP contribution in [0.5, 0.6) is 5.75 Å². The monoisotopic (exact) mass is 359 g/mol. The smallest absolute Gasteiger partial charge is 0.133 e. The molecule has 0 saturated carbocycles. The second-order valence-electron chi connectivity index (χ2n) is 3.94. The number of hydrogen-bond acceptors (Lipinski definition) is 2. The van der Waals surface area contributed by atoms with Gasteiger partial charge in [-0.15, -0.1) is 0 Å². The largest absolute Gasteiger partial charge is 0.496 e. The predicted molar refractivity (Wildman–Crippen MR) is 84.5 cm³/mol. The van der Waals surface area contributed by atoms with Gasteiger partial charge in [0.2, 0.25) is 0 Å². The number of rotatable bonds is 4. The summed E-state index contributed by atoms with van der Waals surface area (Å²) in [4.78, 5) is 0. The fourth-order valence-electron chi connectivity index (χ4n) is 1.65. The van der Waals surface area contributed by atoms with Gasteiger partial charge in [0.25, 0.3) is 0 Å². The summed E-state index contributed by atoms with van der Waals surface area (Å²) in [6.45, 7) is 0.609. The molecule has 0 saturated heterocycles. The molecule has 0 bridgehead atoms. The van der Waals surface area contributed by atoms with E-state index < -0.39 is 0 Å². The quantitative estimate of drug-likeness (QED) is 0.790. The van der Waals surface area contributed by atoms with Crippen molar-refractivity contribution in [2.75, 3.05) is 12.4 Å². The number of benzene rings is 2. The Hall–Kier alpha value is -0.900. The minimum atomic E-state index is 0.609. The van der Waals surface area contributed by atoms with Crippen molar-refractivity contribution in [3.8, 4) is 5.75 Å². The maximum atomic E-state index is 6.11. The molecule has 0 heterocycles. The topological polar surface area (TPSA) is 21.3 Å². The number of anilines is 1. The van der Waals surface area contributed by atoms with Gasteiger partial charge in [0.15, 0.2) is 0 Å². The zero-order valence-electron chi connectivity index (χ0n) is 10.2. The average Bonchev–Trinajstić information content (AvgIpc) is 2.40. The number of ether oxygens (including phenoxy) is 1. The summed E-state index contributed by atoms with van der Waals surface area (Å²) in [5.41, 5.74) is 1.94. The van der Waals surface area contributed by atoms with E-state index in [-0.39, 0.29) is 0 Å². The summed E-state index contributed by atoms with van der Waals surface area (Å²) < 4.78 is 6.08. The zero-order chi connectivity index (χ0) is 13.8. The van der Waals surface area contributed by atoms with E-state index in [0.717, 1.165) is 21.5 Å². The van der Waals surface area contributed by atoms with Crippen molar-refractivity contribution in [2.24, 2.45) is 0 Å². The lowest BCUT2D eigenvalue weighted by Crippen LogP contribution is -2.00. The van der Waals surface area contributed by atoms with Gasteiger partial charge in [-0.2, -0.15) is 0 Å². The number of hydrogen-bond donors (Lipinski definition) is 1. The van der Waals surface area contributed by atoms with Crippen LogP contribution in [0.2, 0.25) is 10.0 Å². The Morgan fingerprint density at radius 3 is 2.63 bits per heavy atom. The van der Waals surface area contributed by atoms with E-state index in [1.165, 1.54) is 0 Å². The Bertz CT molecular complexity index is 590. The molecular formula is C14H12BrCl2NO. The van der Waals surface area contributed by atoms with Crippen LogP contribution in [0.15, 0.2) is 40.9 Å². The number of methoxy groups -OCH3 is 1. The molecule has 0 aliphatic carbocycles. The molecule has 5 heteroatoms. The molecule has 0 amide bonds. The molecule has 0 fully saturated rings. The first kappa shape index (κ1) is 14.5. The molecule has 0 unspecified atom stereocenters. The highest BCUT2D eigenvalue weighted by Crippen LogP contribution is 2.28. The van der Waals surface area contributed by atoms with Gasteiger partial charge in [-0.05, 0) is 57.9 Å². The molecule has 0 aliphatic rings. The van der Waals surface area contributed by atoms with E-state index in [1.54, 1.807) is 19.2 Å². The molecule has 2 aromatic carbocycles. The van der Waals surface area contributed by atoms with Crippen molar-refractivity contribution in [3.05, 3.63) is 56.5 Å². The molecule has 0 aliphatic heterocycles. The third-order valence-corrected chi connectivity index (χ3v) is 3.87. The van der Waals surface area contributed by atoms with E-state index >= 15 is 0 Å². The lowest BCUT2D eigenvalue weighted by Gasteiger charge is -2.10. The first-order valence-electron chi connectivity index (χ1n) is 5.61. The molecule has 100 valence electrons. The van der Waals surface area contributed by atoms with Gasteiger partial charge in [-0.3, -0.25) is 0 Å². The van der Waals surface area contributed by atoms with E-state index in [0.29, 0.717) is 16.6 Å². The van der Waals surface area contributed by atoms with Crippen molar-refractivity contribution in [3.63, 3.8) is 0 Å². The van der Waals surface area contributed by atoms with Crippen LogP contribution in [-0.4, -0.2) is 7.11 Å². The fourth-order valence-corrected chi connectivity index (χ4v) is 2.57. The lowest BCUT2D eigenvalue weighted by atomic mass is 10.2. The van der Waals surface area contributed by atoms with Crippen molar-refractivity contribution < 1.29 is 4.74 Å². The predicted octanol–water partition coefficient (Wildman–Crippen LogP) is 5.38. The standard InChI is InChI=1S/C14H12BrCl2NO/c1-19-14-5-3-11(7-12(14)15)18-8-9-6-10(16)2-4-13(9)17/h2-7,18H,8H2,1H3. The Morgan fingerprint density at radius 2 is 1.95 bits per heavy atom. The van der Waals surface area contributed by atoms with E-state index in [9.17, 15) is 0 Å². The van der Waals surface area contributed by atoms with E-state index in [2.05, 4.69) is 21.2 Å². The fraction of sp³-hybridized carbons (Fsp3) is 0.143. The number of nitrogens with one attached hydrogen (secondary N) is 1. The highest BCUT2D eigenvalue weighted by atomic mass is 79.9. The van der Waals surface area contributed by atoms with Crippen molar-refractivity contribution in [1.29, 1.82) is 0 Å². The van der Waals surface area contributed by atoms with Crippen LogP contribution in [0.1, 0.15) is 5.56 Å². The van der Waals surface area contributed by atoms with Crippen LogP contribution in [0.25, 0.3) is 0 Å². The summed E-state index contributed by atoms with van der Waals surface area (Å²) in [6.07, 6.45) is 0. The van der Waals surface area contributed by atoms with Gasteiger partial charge in [0.05, 0.1) is 11.6 Å². The molecular weight excluding hydrogens is 349 g/mol. The first-order valence-corrected chi connectivity index (χ1v) is 7.16. The van der Waals surface area contributed by atoms with Crippen LogP contribution in [0, 0.1) is 0 Å². The molecule has 0 aromatic heterocycles. The third kappa shape index (κ3) is 3.78. The molecule has 0 spiro atoms. The van der Waals surface area contributed by atoms with Crippen LogP contribution in [0.3, 0.4) is 0 Å². The summed E-state index contributed by atoms with van der Waals surface area (Å²) in [5.74, 6) is 0.798. The normalized spacial score (nSPS) is 10.3. The zero-order valence-corrected chi connectivity index (χ0v) is 13.3. The Balaban J connectivity index is 2.10. The summed E-state index contributed by atoms with van der Waals surface area (Å²) in [6, 6.07) is 11.2. The molecule has 19 heavy (non-hydrogen) atoms. The van der Waals surface area contributed by atoms with Gasteiger partial charge in [-0.25, -0.2) is 0 Å². The van der Waals surface area contributed by atoms with E-state index in [4.69, 9.17) is 27.9 Å². The third-order valence-electron chi connectivity index (χ3n) is 2.64. The van der Waals surface area contributed by atoms with Gasteiger partial charge in [-0.1, -0.05) is 23.2 Å². The SMILES string of the molecule is COc1ccc(NCc2cc(Cl)ccc2Cl)cc1Br. The van der Waals surface area contributed by atoms with Gasteiger partial charge in [0.1, 0.15) is 5.75 Å². The van der Waals surface area contributed by atoms with Crippen LogP contribution in [0.4, 0.5) is 5.69 Å². The Kier molecular flexibility index (Phi) is 4.97. The highest BCUT2D eigenvalue weighted by Gasteiger charge is 2.04. The summed E-state index contributed by atoms with van der Waals surface area (Å²) in [5, 5.41) is 4.67. The maximum absolute atomic E-state index is 6.11. The Morgan fingerprint density at radius 1 is 1.16 bits per heavy atom. The first-order chi connectivity index (χ1) is 9.10. The molecule has 0 atom stereocenters. The maximum Gasteiger partial charge on any atom is 0.133 e. The Labute approximate surface area is 130 Å². The highest BCUT2D eigenvalue weighted by molar-refractivity contribution is 9.10. The second kappa shape index (κ2) is 6.51. The van der Waals surface area contributed by atoms with Crippen molar-refractivity contribution >= 4 is 44.8 Å². The second-order valence-corrected chi connectivity index (χ2v) is 5.64. The van der Waals surface area contributed by atoms with Crippen molar-refractivity contribution in [1.82, 2.24) is 0 Å². The van der Waals surface area contributed by atoms with Gasteiger partial charge < -0.3 is 10.1 Å². The van der Waals surface area contributed by atoms with Gasteiger partial charge >= 0.3 is 0 Å². The van der Waals surface area contributed by atoms with Crippen LogP contribution in [-0.2, 0) is 6.54 Å². The molecule has 1 N–H and O–H groups in total. The molecule has 0 radical (unpaired) electrons. The average molecular weight is 361 g/mol. The molecule has 2 rings (SSSR count).